The van der Waals surface area contributed by atoms with E-state index in [9.17, 15) is 0 Å². The molecule has 0 heterocycles. The second kappa shape index (κ2) is 10.4. The summed E-state index contributed by atoms with van der Waals surface area (Å²) in [5, 5.41) is 0. The Bertz CT molecular complexity index is 751. The summed E-state index contributed by atoms with van der Waals surface area (Å²) >= 11 is 0. The SMILES string of the molecule is Cc1cccc(C)c1N(CCCCCN(c1c(C)cccc1C)[Si](C)(C)C)[Si](C)(C)C. The zero-order valence-corrected chi connectivity index (χ0v) is 23.9. The van der Waals surface area contributed by atoms with Crippen LogP contribution >= 0.6 is 0 Å². The number of anilines is 2. The zero-order valence-electron chi connectivity index (χ0n) is 21.9. The lowest BCUT2D eigenvalue weighted by Crippen LogP contribution is -2.48. The lowest BCUT2D eigenvalue weighted by atomic mass is 10.1. The maximum absolute atomic E-state index is 2.76. The highest BCUT2D eigenvalue weighted by Gasteiger charge is 2.27. The first-order chi connectivity index (χ1) is 14.3. The maximum atomic E-state index is 2.76. The largest absolute Gasteiger partial charge is 0.398 e. The van der Waals surface area contributed by atoms with E-state index in [0.29, 0.717) is 0 Å². The summed E-state index contributed by atoms with van der Waals surface area (Å²) in [5.41, 5.74) is 8.65. The van der Waals surface area contributed by atoms with Crippen LogP contribution in [0.3, 0.4) is 0 Å². The normalized spacial score (nSPS) is 12.2. The molecule has 0 unspecified atom stereocenters. The lowest BCUT2D eigenvalue weighted by molar-refractivity contribution is 0.686. The van der Waals surface area contributed by atoms with E-state index in [2.05, 4.69) is 113 Å². The smallest absolute Gasteiger partial charge is 0.147 e. The molecule has 2 aromatic rings. The zero-order chi connectivity index (χ0) is 23.4. The molecule has 0 aliphatic heterocycles. The van der Waals surface area contributed by atoms with Crippen LogP contribution in [0, 0.1) is 27.7 Å². The van der Waals surface area contributed by atoms with Gasteiger partial charge < -0.3 is 9.13 Å². The summed E-state index contributed by atoms with van der Waals surface area (Å²) in [6.07, 6.45) is 3.83. The van der Waals surface area contributed by atoms with Gasteiger partial charge in [0.05, 0.1) is 0 Å². The first kappa shape index (κ1) is 25.7. The fourth-order valence-corrected chi connectivity index (χ4v) is 8.45. The monoisotopic (exact) mass is 454 g/mol. The summed E-state index contributed by atoms with van der Waals surface area (Å²) in [7, 11) is -2.88. The molecule has 0 fully saturated rings. The number of nitrogens with zero attached hydrogens (tertiary/aromatic N) is 2. The van der Waals surface area contributed by atoms with Crippen molar-refractivity contribution >= 4 is 27.8 Å². The Morgan fingerprint density at radius 1 is 0.516 bits per heavy atom. The molecule has 0 N–H and O–H groups in total. The van der Waals surface area contributed by atoms with Gasteiger partial charge in [0.15, 0.2) is 0 Å². The molecule has 0 aliphatic carbocycles. The van der Waals surface area contributed by atoms with Crippen molar-refractivity contribution in [1.82, 2.24) is 0 Å². The van der Waals surface area contributed by atoms with E-state index in [1.54, 1.807) is 0 Å². The third kappa shape index (κ3) is 6.73. The molecule has 0 saturated heterocycles. The van der Waals surface area contributed by atoms with Gasteiger partial charge in [-0.05, 0) is 62.8 Å². The standard InChI is InChI=1S/C27H46N2Si2/c1-22-16-14-17-23(2)26(22)28(30(5,6)7)20-12-11-13-21-29(31(8,9)10)27-24(3)18-15-19-25(27)4/h14-19H,11-13,20-21H2,1-10H3. The van der Waals surface area contributed by atoms with Crippen LogP contribution in [0.2, 0.25) is 39.3 Å². The molecular weight excluding hydrogens is 408 g/mol. The van der Waals surface area contributed by atoms with Gasteiger partial charge in [0, 0.05) is 24.5 Å². The van der Waals surface area contributed by atoms with E-state index in [-0.39, 0.29) is 0 Å². The summed E-state index contributed by atoms with van der Waals surface area (Å²) < 4.78 is 5.53. The Hall–Kier alpha value is -1.53. The third-order valence-electron chi connectivity index (χ3n) is 6.30. The van der Waals surface area contributed by atoms with E-state index in [4.69, 9.17) is 0 Å². The minimum absolute atomic E-state index is 1.18. The highest BCUT2D eigenvalue weighted by atomic mass is 28.3. The van der Waals surface area contributed by atoms with E-state index in [1.807, 2.05) is 0 Å². The van der Waals surface area contributed by atoms with Gasteiger partial charge in [-0.15, -0.1) is 0 Å². The van der Waals surface area contributed by atoms with Crippen LogP contribution < -0.4 is 9.13 Å². The fraction of sp³-hybridized carbons (Fsp3) is 0.556. The lowest BCUT2D eigenvalue weighted by Gasteiger charge is -2.39. The third-order valence-corrected chi connectivity index (χ3v) is 10.4. The molecule has 0 aromatic heterocycles. The molecule has 0 radical (unpaired) electrons. The van der Waals surface area contributed by atoms with Crippen LogP contribution in [0.15, 0.2) is 36.4 Å². The van der Waals surface area contributed by atoms with Crippen LogP contribution in [0.25, 0.3) is 0 Å². The predicted octanol–water partition coefficient (Wildman–Crippen LogP) is 8.07. The number of aryl methyl sites for hydroxylation is 4. The average molecular weight is 455 g/mol. The van der Waals surface area contributed by atoms with Gasteiger partial charge in [0.1, 0.15) is 16.5 Å². The molecule has 0 saturated carbocycles. The van der Waals surface area contributed by atoms with E-state index in [1.165, 1.54) is 66.0 Å². The summed E-state index contributed by atoms with van der Waals surface area (Å²) in [5.74, 6) is 0. The first-order valence-electron chi connectivity index (χ1n) is 12.0. The van der Waals surface area contributed by atoms with Crippen molar-refractivity contribution in [2.75, 3.05) is 22.2 Å². The molecule has 172 valence electrons. The predicted molar refractivity (Wildman–Crippen MR) is 147 cm³/mol. The van der Waals surface area contributed by atoms with Gasteiger partial charge in [0.2, 0.25) is 0 Å². The van der Waals surface area contributed by atoms with E-state index in [0.717, 1.165) is 0 Å². The molecule has 31 heavy (non-hydrogen) atoms. The molecule has 2 nitrogen and oxygen atoms in total. The molecule has 2 aromatic carbocycles. The summed E-state index contributed by atoms with van der Waals surface area (Å²) in [4.78, 5) is 0. The Kier molecular flexibility index (Phi) is 8.63. The quantitative estimate of drug-likeness (QED) is 0.264. The van der Waals surface area contributed by atoms with Crippen molar-refractivity contribution in [1.29, 1.82) is 0 Å². The van der Waals surface area contributed by atoms with Crippen molar-refractivity contribution < 1.29 is 0 Å². The van der Waals surface area contributed by atoms with Crippen molar-refractivity contribution in [2.45, 2.75) is 86.2 Å². The van der Waals surface area contributed by atoms with Gasteiger partial charge in [-0.2, -0.15) is 0 Å². The highest BCUT2D eigenvalue weighted by molar-refractivity contribution is 6.80. The van der Waals surface area contributed by atoms with Gasteiger partial charge in [0.25, 0.3) is 0 Å². The van der Waals surface area contributed by atoms with Gasteiger partial charge in [-0.1, -0.05) is 82.1 Å². The molecule has 0 spiro atoms. The average Bonchev–Trinajstić information content (AvgIpc) is 2.62. The van der Waals surface area contributed by atoms with Gasteiger partial charge in [-0.25, -0.2) is 0 Å². The van der Waals surface area contributed by atoms with Crippen molar-refractivity contribution in [3.63, 3.8) is 0 Å². The maximum Gasteiger partial charge on any atom is 0.147 e. The Morgan fingerprint density at radius 2 is 0.806 bits per heavy atom. The molecule has 0 amide bonds. The second-order valence-corrected chi connectivity index (χ2v) is 20.9. The van der Waals surface area contributed by atoms with E-state index < -0.39 is 16.5 Å². The second-order valence-electron chi connectivity index (χ2n) is 11.2. The molecular formula is C27H46N2Si2. The fourth-order valence-electron chi connectivity index (χ4n) is 4.74. The molecule has 2 rings (SSSR count). The van der Waals surface area contributed by atoms with Crippen LogP contribution in [-0.2, 0) is 0 Å². The van der Waals surface area contributed by atoms with Crippen LogP contribution in [0.1, 0.15) is 41.5 Å². The number of rotatable bonds is 10. The number of benzene rings is 2. The van der Waals surface area contributed by atoms with Gasteiger partial charge >= 0.3 is 0 Å². The Balaban J connectivity index is 2.06. The highest BCUT2D eigenvalue weighted by Crippen LogP contribution is 2.31. The number of para-hydroxylation sites is 2. The Morgan fingerprint density at radius 3 is 1.06 bits per heavy atom. The molecule has 4 heteroatoms. The number of hydrogen-bond donors (Lipinski definition) is 0. The van der Waals surface area contributed by atoms with Crippen molar-refractivity contribution in [3.05, 3.63) is 58.7 Å². The first-order valence-corrected chi connectivity index (χ1v) is 18.9. The molecule has 0 atom stereocenters. The van der Waals surface area contributed by atoms with Gasteiger partial charge in [-0.3, -0.25) is 0 Å². The van der Waals surface area contributed by atoms with Crippen LogP contribution in [0.5, 0.6) is 0 Å². The summed E-state index contributed by atoms with van der Waals surface area (Å²) in [6.45, 7) is 26.3. The molecule has 0 bridgehead atoms. The van der Waals surface area contributed by atoms with Crippen molar-refractivity contribution in [3.8, 4) is 0 Å². The molecule has 0 aliphatic rings. The Labute approximate surface area is 194 Å². The minimum Gasteiger partial charge on any atom is -0.398 e. The summed E-state index contributed by atoms with van der Waals surface area (Å²) in [6, 6.07) is 13.5. The number of hydrogen-bond acceptors (Lipinski definition) is 2. The van der Waals surface area contributed by atoms with E-state index >= 15 is 0 Å². The topological polar surface area (TPSA) is 6.48 Å². The van der Waals surface area contributed by atoms with Crippen molar-refractivity contribution in [2.24, 2.45) is 0 Å². The minimum atomic E-state index is -1.44. The van der Waals surface area contributed by atoms with Crippen LogP contribution in [0.4, 0.5) is 11.4 Å². The number of unbranched alkanes of at least 4 members (excludes halogenated alkanes) is 2. The van der Waals surface area contributed by atoms with Crippen LogP contribution in [-0.4, -0.2) is 29.6 Å².